The highest BCUT2D eigenvalue weighted by atomic mass is 16.3. The van der Waals surface area contributed by atoms with Crippen molar-refractivity contribution in [1.29, 1.82) is 0 Å². The zero-order valence-electron chi connectivity index (χ0n) is 13.9. The van der Waals surface area contributed by atoms with E-state index in [0.717, 1.165) is 12.1 Å². The molecule has 0 aromatic carbocycles. The van der Waals surface area contributed by atoms with Crippen LogP contribution < -0.4 is 10.9 Å². The second-order valence-electron chi connectivity index (χ2n) is 6.45. The van der Waals surface area contributed by atoms with Crippen LogP contribution in [0.2, 0.25) is 0 Å². The number of carbonyl (C=O) groups is 1. The van der Waals surface area contributed by atoms with Gasteiger partial charge in [-0.05, 0) is 31.4 Å². The number of hydrogen-bond acceptors (Lipinski definition) is 5. The van der Waals surface area contributed by atoms with Crippen LogP contribution in [0.4, 0.5) is 5.95 Å². The first kappa shape index (κ1) is 16.5. The van der Waals surface area contributed by atoms with E-state index < -0.39 is 0 Å². The zero-order valence-corrected chi connectivity index (χ0v) is 13.9. The number of rotatable bonds is 6. The molecule has 1 saturated carbocycles. The summed E-state index contributed by atoms with van der Waals surface area (Å²) in [5.41, 5.74) is 1.35. The number of aromatic nitrogens is 2. The molecule has 2 aromatic heterocycles. The molecule has 0 spiro atoms. The van der Waals surface area contributed by atoms with Crippen LogP contribution in [0.1, 0.15) is 53.9 Å². The van der Waals surface area contributed by atoms with Gasteiger partial charge in [-0.1, -0.05) is 32.1 Å². The van der Waals surface area contributed by atoms with Crippen LogP contribution in [-0.4, -0.2) is 22.3 Å². The van der Waals surface area contributed by atoms with Gasteiger partial charge in [-0.3, -0.25) is 14.6 Å². The molecule has 0 amide bonds. The van der Waals surface area contributed by atoms with E-state index in [2.05, 4.69) is 15.3 Å². The fourth-order valence-corrected chi connectivity index (χ4v) is 3.21. The number of nitrogens with one attached hydrogen (secondary N) is 2. The summed E-state index contributed by atoms with van der Waals surface area (Å²) in [6.07, 6.45) is 8.52. The number of furan rings is 1. The molecule has 1 aliphatic rings. The number of aromatic amines is 1. The first-order valence-corrected chi connectivity index (χ1v) is 8.54. The quantitative estimate of drug-likeness (QED) is 0.795. The Labute approximate surface area is 140 Å². The van der Waals surface area contributed by atoms with E-state index in [1.54, 1.807) is 12.1 Å². The van der Waals surface area contributed by atoms with E-state index in [4.69, 9.17) is 4.42 Å². The number of Topliss-reactive ketones (excluding diaryl/α,β-unsaturated/α-hetero) is 1. The largest absolute Gasteiger partial charge is 0.461 e. The van der Waals surface area contributed by atoms with Gasteiger partial charge in [0.05, 0.1) is 18.5 Å². The van der Waals surface area contributed by atoms with E-state index in [1.165, 1.54) is 38.4 Å². The maximum atomic E-state index is 12.1. The van der Waals surface area contributed by atoms with E-state index >= 15 is 0 Å². The first-order valence-electron chi connectivity index (χ1n) is 8.54. The Bertz CT molecular complexity index is 743. The van der Waals surface area contributed by atoms with Crippen LogP contribution in [0.25, 0.3) is 0 Å². The molecule has 3 rings (SSSR count). The van der Waals surface area contributed by atoms with Crippen molar-refractivity contribution >= 4 is 11.7 Å². The summed E-state index contributed by atoms with van der Waals surface area (Å²) < 4.78 is 5.07. The van der Waals surface area contributed by atoms with Gasteiger partial charge in [-0.15, -0.1) is 0 Å². The summed E-state index contributed by atoms with van der Waals surface area (Å²) in [6.45, 7) is 1.84. The van der Waals surface area contributed by atoms with Gasteiger partial charge in [-0.25, -0.2) is 4.98 Å². The summed E-state index contributed by atoms with van der Waals surface area (Å²) in [5, 5.41) is 2.90. The Morgan fingerprint density at radius 1 is 1.38 bits per heavy atom. The highest BCUT2D eigenvalue weighted by Gasteiger charge is 2.18. The minimum Gasteiger partial charge on any atom is -0.461 e. The van der Waals surface area contributed by atoms with Crippen molar-refractivity contribution < 1.29 is 9.21 Å². The van der Waals surface area contributed by atoms with E-state index in [-0.39, 0.29) is 17.9 Å². The van der Waals surface area contributed by atoms with E-state index in [9.17, 15) is 9.59 Å². The molecule has 2 heterocycles. The molecule has 1 fully saturated rings. The molecule has 6 heteroatoms. The third-order valence-corrected chi connectivity index (χ3v) is 4.67. The van der Waals surface area contributed by atoms with Crippen molar-refractivity contribution in [2.75, 3.05) is 11.9 Å². The number of carbonyl (C=O) groups excluding carboxylic acids is 1. The minimum absolute atomic E-state index is 0.0301. The fraction of sp³-hybridized carbons (Fsp3) is 0.500. The third kappa shape index (κ3) is 3.93. The molecule has 0 aliphatic heterocycles. The van der Waals surface area contributed by atoms with Gasteiger partial charge in [0.15, 0.2) is 5.76 Å². The van der Waals surface area contributed by atoms with Crippen LogP contribution in [0, 0.1) is 12.8 Å². The standard InChI is InChI=1S/C18H23N3O3/c1-12-14(10-13-6-3-2-4-7-13)20-18(21-17(12)23)19-11-15(22)16-8-5-9-24-16/h5,8-9,13H,2-4,6-7,10-11H2,1H3,(H2,19,20,21,23). The van der Waals surface area contributed by atoms with E-state index in [1.807, 2.05) is 6.92 Å². The van der Waals surface area contributed by atoms with E-state index in [0.29, 0.717) is 23.2 Å². The Hall–Kier alpha value is -2.37. The Kier molecular flexibility index (Phi) is 5.13. The van der Waals surface area contributed by atoms with Gasteiger partial charge >= 0.3 is 0 Å². The van der Waals surface area contributed by atoms with Crippen LogP contribution in [0.15, 0.2) is 27.6 Å². The molecule has 0 saturated heterocycles. The second-order valence-corrected chi connectivity index (χ2v) is 6.45. The van der Waals surface area contributed by atoms with Crippen molar-refractivity contribution in [3.8, 4) is 0 Å². The maximum absolute atomic E-state index is 12.1. The van der Waals surface area contributed by atoms with Crippen molar-refractivity contribution in [1.82, 2.24) is 9.97 Å². The van der Waals surface area contributed by atoms with Crippen molar-refractivity contribution in [3.05, 3.63) is 45.8 Å². The van der Waals surface area contributed by atoms with Gasteiger partial charge in [0.25, 0.3) is 5.56 Å². The lowest BCUT2D eigenvalue weighted by molar-refractivity contribution is 0.0979. The monoisotopic (exact) mass is 329 g/mol. The number of nitrogens with zero attached hydrogens (tertiary/aromatic N) is 1. The summed E-state index contributed by atoms with van der Waals surface area (Å²) in [7, 11) is 0. The third-order valence-electron chi connectivity index (χ3n) is 4.67. The van der Waals surface area contributed by atoms with Crippen LogP contribution >= 0.6 is 0 Å². The predicted molar refractivity (Wildman–Crippen MR) is 91.4 cm³/mol. The lowest BCUT2D eigenvalue weighted by Gasteiger charge is -2.21. The topological polar surface area (TPSA) is 88.0 Å². The molecule has 0 atom stereocenters. The van der Waals surface area contributed by atoms with Crippen molar-refractivity contribution in [2.24, 2.45) is 5.92 Å². The molecule has 2 aromatic rings. The van der Waals surface area contributed by atoms with Gasteiger partial charge in [0.1, 0.15) is 0 Å². The number of ketones is 1. The number of hydrogen-bond donors (Lipinski definition) is 2. The van der Waals surface area contributed by atoms with Gasteiger partial charge in [0.2, 0.25) is 11.7 Å². The van der Waals surface area contributed by atoms with Gasteiger partial charge in [0, 0.05) is 5.56 Å². The Morgan fingerprint density at radius 2 is 2.17 bits per heavy atom. The molecule has 6 nitrogen and oxygen atoms in total. The molecule has 0 radical (unpaired) electrons. The van der Waals surface area contributed by atoms with Crippen molar-refractivity contribution in [2.45, 2.75) is 45.4 Å². The van der Waals surface area contributed by atoms with Crippen molar-refractivity contribution in [3.63, 3.8) is 0 Å². The van der Waals surface area contributed by atoms with Crippen LogP contribution in [0.5, 0.6) is 0 Å². The smallest absolute Gasteiger partial charge is 0.255 e. The SMILES string of the molecule is Cc1c(CC2CCCCC2)nc(NCC(=O)c2ccco2)[nH]c1=O. The highest BCUT2D eigenvalue weighted by molar-refractivity contribution is 5.96. The molecule has 24 heavy (non-hydrogen) atoms. The Balaban J connectivity index is 1.69. The second kappa shape index (κ2) is 7.47. The summed E-state index contributed by atoms with van der Waals surface area (Å²) in [5.74, 6) is 1.05. The number of H-pyrrole nitrogens is 1. The predicted octanol–water partition coefficient (Wildman–Crippen LogP) is 3.09. The first-order chi connectivity index (χ1) is 11.6. The Morgan fingerprint density at radius 3 is 2.88 bits per heavy atom. The van der Waals surface area contributed by atoms with Crippen LogP contribution in [-0.2, 0) is 6.42 Å². The molecular weight excluding hydrogens is 306 g/mol. The molecule has 128 valence electrons. The molecule has 0 unspecified atom stereocenters. The van der Waals surface area contributed by atoms with Gasteiger partial charge in [-0.2, -0.15) is 0 Å². The number of anilines is 1. The molecule has 0 bridgehead atoms. The fourth-order valence-electron chi connectivity index (χ4n) is 3.21. The lowest BCUT2D eigenvalue weighted by atomic mass is 9.85. The van der Waals surface area contributed by atoms with Crippen LogP contribution in [0.3, 0.4) is 0 Å². The average molecular weight is 329 g/mol. The normalized spacial score (nSPS) is 15.4. The van der Waals surface area contributed by atoms with Gasteiger partial charge < -0.3 is 9.73 Å². The molecular formula is C18H23N3O3. The summed E-state index contributed by atoms with van der Waals surface area (Å²) >= 11 is 0. The summed E-state index contributed by atoms with van der Waals surface area (Å²) in [6, 6.07) is 3.28. The molecule has 2 N–H and O–H groups in total. The minimum atomic E-state index is -0.183. The zero-order chi connectivity index (χ0) is 16.9. The average Bonchev–Trinajstić information content (AvgIpc) is 3.12. The summed E-state index contributed by atoms with van der Waals surface area (Å²) in [4.78, 5) is 31.3. The lowest BCUT2D eigenvalue weighted by Crippen LogP contribution is -2.23. The molecule has 1 aliphatic carbocycles. The maximum Gasteiger partial charge on any atom is 0.255 e. The highest BCUT2D eigenvalue weighted by Crippen LogP contribution is 2.26.